The van der Waals surface area contributed by atoms with Crippen molar-refractivity contribution in [2.24, 2.45) is 0 Å². The summed E-state index contributed by atoms with van der Waals surface area (Å²) in [6.07, 6.45) is 0.833. The second-order valence-corrected chi connectivity index (χ2v) is 10.8. The van der Waals surface area contributed by atoms with Gasteiger partial charge in [-0.05, 0) is 58.7 Å². The number of halogens is 2. The third-order valence-corrected chi connectivity index (χ3v) is 8.25. The summed E-state index contributed by atoms with van der Waals surface area (Å²) in [5.41, 5.74) is 1.19. The molecule has 130 valence electrons. The molecule has 0 aliphatic carbocycles. The first-order chi connectivity index (χ1) is 11.4. The Labute approximate surface area is 160 Å². The molecule has 4 nitrogen and oxygen atoms in total. The van der Waals surface area contributed by atoms with Gasteiger partial charge in [0.1, 0.15) is 4.21 Å². The fourth-order valence-electron chi connectivity index (χ4n) is 2.76. The molecule has 0 bridgehead atoms. The fourth-order valence-corrected chi connectivity index (χ4v) is 6.52. The summed E-state index contributed by atoms with van der Waals surface area (Å²) in [6.45, 7) is 3.52. The molecule has 0 unspecified atom stereocenters. The Hall–Kier alpha value is -0.440. The number of hydrogen-bond acceptors (Lipinski definition) is 4. The predicted molar refractivity (Wildman–Crippen MR) is 102 cm³/mol. The third-order valence-electron chi connectivity index (χ3n) is 4.01. The molecule has 8 heteroatoms. The van der Waals surface area contributed by atoms with Crippen molar-refractivity contribution in [2.45, 2.75) is 17.2 Å². The van der Waals surface area contributed by atoms with E-state index < -0.39 is 10.0 Å². The molecule has 0 atom stereocenters. The van der Waals surface area contributed by atoms with Crippen LogP contribution in [0.25, 0.3) is 0 Å². The molecule has 3 rings (SSSR count). The minimum Gasteiger partial charge on any atom is -0.298 e. The van der Waals surface area contributed by atoms with Crippen LogP contribution in [0.5, 0.6) is 0 Å². The van der Waals surface area contributed by atoms with Crippen molar-refractivity contribution in [3.63, 3.8) is 0 Å². The van der Waals surface area contributed by atoms with E-state index in [0.717, 1.165) is 34.9 Å². The van der Waals surface area contributed by atoms with Gasteiger partial charge in [-0.15, -0.1) is 11.3 Å². The summed E-state index contributed by atoms with van der Waals surface area (Å²) in [7, 11) is -3.39. The standard InChI is InChI=1S/C16H18BrClN2O2S2/c17-15-6-7-16(23-15)24(21,22)20-9-1-8-19(10-11-20)12-13-2-4-14(18)5-3-13/h2-7H,1,8-12H2. The Morgan fingerprint density at radius 1 is 1.04 bits per heavy atom. The van der Waals surface area contributed by atoms with Crippen LogP contribution in [-0.4, -0.2) is 43.8 Å². The third kappa shape index (κ3) is 4.39. The molecule has 2 aromatic rings. The van der Waals surface area contributed by atoms with Crippen molar-refractivity contribution in [1.29, 1.82) is 0 Å². The van der Waals surface area contributed by atoms with Crippen LogP contribution in [0.1, 0.15) is 12.0 Å². The Morgan fingerprint density at radius 2 is 1.79 bits per heavy atom. The summed E-state index contributed by atoms with van der Waals surface area (Å²) in [5.74, 6) is 0. The summed E-state index contributed by atoms with van der Waals surface area (Å²) in [6, 6.07) is 11.3. The van der Waals surface area contributed by atoms with Crippen LogP contribution in [-0.2, 0) is 16.6 Å². The summed E-state index contributed by atoms with van der Waals surface area (Å²) in [5, 5.41) is 0.731. The van der Waals surface area contributed by atoms with Gasteiger partial charge in [-0.2, -0.15) is 4.31 Å². The minimum absolute atomic E-state index is 0.403. The highest BCUT2D eigenvalue weighted by Gasteiger charge is 2.28. The van der Waals surface area contributed by atoms with Crippen LogP contribution in [0.3, 0.4) is 0 Å². The van der Waals surface area contributed by atoms with Crippen molar-refractivity contribution < 1.29 is 8.42 Å². The van der Waals surface area contributed by atoms with Gasteiger partial charge in [0.25, 0.3) is 10.0 Å². The number of nitrogens with zero attached hydrogens (tertiary/aromatic N) is 2. The molecule has 1 saturated heterocycles. The molecule has 1 aromatic heterocycles. The van der Waals surface area contributed by atoms with Crippen molar-refractivity contribution in [3.8, 4) is 0 Å². The average molecular weight is 450 g/mol. The van der Waals surface area contributed by atoms with E-state index >= 15 is 0 Å². The number of hydrogen-bond donors (Lipinski definition) is 0. The molecule has 0 N–H and O–H groups in total. The van der Waals surface area contributed by atoms with Crippen LogP contribution in [0.2, 0.25) is 5.02 Å². The highest BCUT2D eigenvalue weighted by Crippen LogP contribution is 2.29. The van der Waals surface area contributed by atoms with E-state index in [-0.39, 0.29) is 0 Å². The number of rotatable bonds is 4. The molecule has 0 spiro atoms. The van der Waals surface area contributed by atoms with Gasteiger partial charge in [0.15, 0.2) is 0 Å². The number of sulfonamides is 1. The van der Waals surface area contributed by atoms with Crippen LogP contribution in [0.4, 0.5) is 0 Å². The zero-order chi connectivity index (χ0) is 17.2. The molecule has 1 aromatic carbocycles. The summed E-state index contributed by atoms with van der Waals surface area (Å²) >= 11 is 10.5. The van der Waals surface area contributed by atoms with Crippen molar-refractivity contribution in [1.82, 2.24) is 9.21 Å². The molecular weight excluding hydrogens is 432 g/mol. The van der Waals surface area contributed by atoms with Gasteiger partial charge >= 0.3 is 0 Å². The van der Waals surface area contributed by atoms with E-state index in [2.05, 4.69) is 20.8 Å². The van der Waals surface area contributed by atoms with E-state index in [9.17, 15) is 8.42 Å². The highest BCUT2D eigenvalue weighted by atomic mass is 79.9. The topological polar surface area (TPSA) is 40.6 Å². The highest BCUT2D eigenvalue weighted by molar-refractivity contribution is 9.11. The lowest BCUT2D eigenvalue weighted by Gasteiger charge is -2.21. The van der Waals surface area contributed by atoms with Crippen LogP contribution in [0, 0.1) is 0 Å². The first-order valence-electron chi connectivity index (χ1n) is 7.67. The summed E-state index contributed by atoms with van der Waals surface area (Å²) < 4.78 is 28.3. The fraction of sp³-hybridized carbons (Fsp3) is 0.375. The van der Waals surface area contributed by atoms with Crippen LogP contribution < -0.4 is 0 Å². The van der Waals surface area contributed by atoms with Crippen molar-refractivity contribution in [2.75, 3.05) is 26.2 Å². The van der Waals surface area contributed by atoms with E-state index in [1.807, 2.05) is 24.3 Å². The monoisotopic (exact) mass is 448 g/mol. The van der Waals surface area contributed by atoms with Gasteiger partial charge in [-0.3, -0.25) is 4.90 Å². The number of benzene rings is 1. The smallest absolute Gasteiger partial charge is 0.252 e. The molecular formula is C16H18BrClN2O2S2. The Bertz CT molecular complexity index is 793. The number of thiophene rings is 1. The maximum atomic E-state index is 12.7. The van der Waals surface area contributed by atoms with Crippen molar-refractivity contribution >= 4 is 48.9 Å². The maximum absolute atomic E-state index is 12.7. The quantitative estimate of drug-likeness (QED) is 0.707. The Morgan fingerprint density at radius 3 is 2.46 bits per heavy atom. The Balaban J connectivity index is 1.65. The van der Waals surface area contributed by atoms with Gasteiger partial charge < -0.3 is 0 Å². The van der Waals surface area contributed by atoms with E-state index in [0.29, 0.717) is 17.3 Å². The lowest BCUT2D eigenvalue weighted by atomic mass is 10.2. The molecule has 0 saturated carbocycles. The largest absolute Gasteiger partial charge is 0.298 e. The second kappa shape index (κ2) is 7.85. The summed E-state index contributed by atoms with van der Waals surface area (Å²) in [4.78, 5) is 2.29. The van der Waals surface area contributed by atoms with Gasteiger partial charge in [0, 0.05) is 31.2 Å². The first kappa shape index (κ1) is 18.4. The second-order valence-electron chi connectivity index (χ2n) is 5.72. The Kier molecular flexibility index (Phi) is 6.00. The van der Waals surface area contributed by atoms with Crippen molar-refractivity contribution in [3.05, 3.63) is 50.8 Å². The molecule has 1 fully saturated rings. The molecule has 0 radical (unpaired) electrons. The normalized spacial score (nSPS) is 17.8. The van der Waals surface area contributed by atoms with Gasteiger partial charge in [0.2, 0.25) is 0 Å². The van der Waals surface area contributed by atoms with Crippen LogP contribution >= 0.6 is 38.9 Å². The lowest BCUT2D eigenvalue weighted by molar-refractivity contribution is 0.278. The maximum Gasteiger partial charge on any atom is 0.252 e. The molecule has 1 aliphatic rings. The van der Waals surface area contributed by atoms with Gasteiger partial charge in [-0.1, -0.05) is 23.7 Å². The lowest BCUT2D eigenvalue weighted by Crippen LogP contribution is -2.34. The van der Waals surface area contributed by atoms with E-state index in [4.69, 9.17) is 11.6 Å². The van der Waals surface area contributed by atoms with E-state index in [1.54, 1.807) is 16.4 Å². The van der Waals surface area contributed by atoms with E-state index in [1.165, 1.54) is 16.9 Å². The zero-order valence-corrected chi connectivity index (χ0v) is 17.0. The van der Waals surface area contributed by atoms with Gasteiger partial charge in [0.05, 0.1) is 3.79 Å². The SMILES string of the molecule is O=S(=O)(c1ccc(Br)s1)N1CCCN(Cc2ccc(Cl)cc2)CC1. The molecule has 24 heavy (non-hydrogen) atoms. The minimum atomic E-state index is -3.39. The zero-order valence-electron chi connectivity index (χ0n) is 13.0. The first-order valence-corrected chi connectivity index (χ1v) is 11.1. The predicted octanol–water partition coefficient (Wildman–Crippen LogP) is 4.06. The molecule has 1 aliphatic heterocycles. The average Bonchev–Trinajstić information content (AvgIpc) is 2.86. The molecule has 2 heterocycles. The van der Waals surface area contributed by atoms with Crippen LogP contribution in [0.15, 0.2) is 44.4 Å². The molecule has 0 amide bonds. The van der Waals surface area contributed by atoms with Gasteiger partial charge in [-0.25, -0.2) is 8.42 Å².